The lowest BCUT2D eigenvalue weighted by Gasteiger charge is -2.43. The number of anilines is 2. The summed E-state index contributed by atoms with van der Waals surface area (Å²) in [5, 5.41) is 7.09. The summed E-state index contributed by atoms with van der Waals surface area (Å²) >= 11 is 1.83. The normalized spacial score (nSPS) is 24.5. The van der Waals surface area contributed by atoms with Crippen LogP contribution >= 0.6 is 11.8 Å². The van der Waals surface area contributed by atoms with E-state index in [1.54, 1.807) is 0 Å². The number of hydrogen-bond donors (Lipinski definition) is 2. The lowest BCUT2D eigenvalue weighted by atomic mass is 9.68. The summed E-state index contributed by atoms with van der Waals surface area (Å²) in [4.78, 5) is 14.7. The van der Waals surface area contributed by atoms with Gasteiger partial charge in [-0.15, -0.1) is 11.8 Å². The summed E-state index contributed by atoms with van der Waals surface area (Å²) in [7, 11) is 0. The van der Waals surface area contributed by atoms with Crippen LogP contribution in [-0.2, 0) is 5.75 Å². The Hall–Kier alpha value is -3.50. The van der Waals surface area contributed by atoms with Crippen LogP contribution in [-0.4, -0.2) is 5.91 Å². The summed E-state index contributed by atoms with van der Waals surface area (Å²) in [6.45, 7) is 2.08. The number of aryl methyl sites for hydroxylation is 1. The maximum Gasteiger partial charge on any atom is 0.255 e. The topological polar surface area (TPSA) is 41.1 Å². The van der Waals surface area contributed by atoms with E-state index in [2.05, 4.69) is 96.4 Å². The average molecular weight is 531 g/mol. The molecule has 4 aromatic rings. The van der Waals surface area contributed by atoms with Gasteiger partial charge in [-0.05, 0) is 109 Å². The SMILES string of the molecule is Cc1cc(CSc2ccccc2)ccc1NC(=O)c1ccc2c(c1)[C@@H]1[C@H]3CC[C@@H](C3)[C@H]1[C@H](c1ccccc1)N2. The summed E-state index contributed by atoms with van der Waals surface area (Å²) in [5.74, 6) is 3.50. The Labute approximate surface area is 235 Å². The van der Waals surface area contributed by atoms with Gasteiger partial charge in [0.15, 0.2) is 0 Å². The van der Waals surface area contributed by atoms with E-state index in [1.807, 2.05) is 30.0 Å². The fraction of sp³-hybridized carbons (Fsp3) is 0.286. The van der Waals surface area contributed by atoms with Crippen molar-refractivity contribution in [3.63, 3.8) is 0 Å². The Morgan fingerprint density at radius 2 is 1.67 bits per heavy atom. The zero-order valence-electron chi connectivity index (χ0n) is 22.3. The maximum atomic E-state index is 13.4. The van der Waals surface area contributed by atoms with E-state index in [9.17, 15) is 4.79 Å². The molecule has 2 aliphatic carbocycles. The van der Waals surface area contributed by atoms with E-state index in [4.69, 9.17) is 0 Å². The molecule has 0 saturated heterocycles. The molecule has 3 aliphatic rings. The molecule has 7 rings (SSSR count). The first-order valence-corrected chi connectivity index (χ1v) is 15.2. The third kappa shape index (κ3) is 4.65. The van der Waals surface area contributed by atoms with Gasteiger partial charge in [-0.1, -0.05) is 60.7 Å². The van der Waals surface area contributed by atoms with Crippen LogP contribution in [0.3, 0.4) is 0 Å². The molecule has 0 aromatic heterocycles. The van der Waals surface area contributed by atoms with E-state index in [-0.39, 0.29) is 5.91 Å². The molecule has 1 heterocycles. The Balaban J connectivity index is 1.10. The predicted molar refractivity (Wildman–Crippen MR) is 161 cm³/mol. The molecule has 1 aliphatic heterocycles. The first-order chi connectivity index (χ1) is 19.1. The second-order valence-corrected chi connectivity index (χ2v) is 12.5. The minimum absolute atomic E-state index is 0.0304. The van der Waals surface area contributed by atoms with Gasteiger partial charge in [-0.25, -0.2) is 0 Å². The van der Waals surface area contributed by atoms with Crippen LogP contribution in [0.25, 0.3) is 0 Å². The van der Waals surface area contributed by atoms with Gasteiger partial charge in [0.2, 0.25) is 0 Å². The average Bonchev–Trinajstić information content (AvgIpc) is 3.61. The van der Waals surface area contributed by atoms with Crippen LogP contribution < -0.4 is 10.6 Å². The highest BCUT2D eigenvalue weighted by molar-refractivity contribution is 7.98. The Kier molecular flexibility index (Phi) is 6.44. The van der Waals surface area contributed by atoms with Crippen molar-refractivity contribution in [2.75, 3.05) is 10.6 Å². The molecule has 2 N–H and O–H groups in total. The first kappa shape index (κ1) is 24.5. The van der Waals surface area contributed by atoms with Crippen molar-refractivity contribution in [2.24, 2.45) is 17.8 Å². The highest BCUT2D eigenvalue weighted by atomic mass is 32.2. The summed E-state index contributed by atoms with van der Waals surface area (Å²) < 4.78 is 0. The molecule has 3 nitrogen and oxygen atoms in total. The van der Waals surface area contributed by atoms with E-state index in [0.29, 0.717) is 17.9 Å². The van der Waals surface area contributed by atoms with Gasteiger partial charge < -0.3 is 10.6 Å². The Morgan fingerprint density at radius 3 is 2.46 bits per heavy atom. The quantitative estimate of drug-likeness (QED) is 0.245. The standard InChI is InChI=1S/C35H34N2OS/c1-22-18-23(21-39-28-10-6-3-7-11-28)12-16-30(22)37-35(38)27-15-17-31-29(20-27)32-25-13-14-26(19-25)33(32)34(36-31)24-8-4-2-5-9-24/h2-12,15-18,20,25-26,32-34,36H,13-14,19,21H2,1H3,(H,37,38)/t25-,26-,32-,33+,34-/m0/s1. The van der Waals surface area contributed by atoms with Crippen LogP contribution in [0.2, 0.25) is 0 Å². The second kappa shape index (κ2) is 10.2. The molecular formula is C35H34N2OS. The molecule has 2 saturated carbocycles. The molecule has 0 radical (unpaired) electrons. The first-order valence-electron chi connectivity index (χ1n) is 14.2. The lowest BCUT2D eigenvalue weighted by molar-refractivity contribution is 0.102. The van der Waals surface area contributed by atoms with Crippen molar-refractivity contribution in [2.45, 2.75) is 48.8 Å². The summed E-state index contributed by atoms with van der Waals surface area (Å²) in [6.07, 6.45) is 3.98. The number of hydrogen-bond acceptors (Lipinski definition) is 3. The molecule has 1 amide bonds. The zero-order chi connectivity index (χ0) is 26.3. The van der Waals surface area contributed by atoms with Crippen molar-refractivity contribution in [1.29, 1.82) is 0 Å². The van der Waals surface area contributed by atoms with Crippen molar-refractivity contribution in [3.8, 4) is 0 Å². The third-order valence-electron chi connectivity index (χ3n) is 9.20. The molecule has 0 unspecified atom stereocenters. The molecule has 39 heavy (non-hydrogen) atoms. The van der Waals surface area contributed by atoms with E-state index in [0.717, 1.165) is 34.4 Å². The monoisotopic (exact) mass is 530 g/mol. The number of benzene rings is 4. The highest BCUT2D eigenvalue weighted by Crippen LogP contribution is 2.63. The molecule has 0 spiro atoms. The van der Waals surface area contributed by atoms with Gasteiger partial charge in [-0.3, -0.25) is 4.79 Å². The lowest BCUT2D eigenvalue weighted by Crippen LogP contribution is -2.35. The van der Waals surface area contributed by atoms with Gasteiger partial charge >= 0.3 is 0 Å². The minimum atomic E-state index is -0.0304. The summed E-state index contributed by atoms with van der Waals surface area (Å²) in [5.41, 5.74) is 7.91. The van der Waals surface area contributed by atoms with Crippen molar-refractivity contribution in [1.82, 2.24) is 0 Å². The maximum absolute atomic E-state index is 13.4. The summed E-state index contributed by atoms with van der Waals surface area (Å²) in [6, 6.07) is 34.4. The van der Waals surface area contributed by atoms with Crippen LogP contribution in [0.15, 0.2) is 102 Å². The molecule has 5 atom stereocenters. The second-order valence-electron chi connectivity index (χ2n) is 11.5. The van der Waals surface area contributed by atoms with E-state index >= 15 is 0 Å². The molecule has 4 aromatic carbocycles. The smallest absolute Gasteiger partial charge is 0.255 e. The van der Waals surface area contributed by atoms with Gasteiger partial charge in [0, 0.05) is 27.6 Å². The van der Waals surface area contributed by atoms with Gasteiger partial charge in [-0.2, -0.15) is 0 Å². The number of thioether (sulfide) groups is 1. The molecule has 4 heteroatoms. The van der Waals surface area contributed by atoms with Crippen molar-refractivity contribution < 1.29 is 4.79 Å². The van der Waals surface area contributed by atoms with Crippen molar-refractivity contribution in [3.05, 3.63) is 125 Å². The fourth-order valence-electron chi connectivity index (χ4n) is 7.45. The van der Waals surface area contributed by atoms with Crippen LogP contribution in [0, 0.1) is 24.7 Å². The fourth-order valence-corrected chi connectivity index (χ4v) is 8.31. The van der Waals surface area contributed by atoms with Gasteiger partial charge in [0.25, 0.3) is 5.91 Å². The predicted octanol–water partition coefficient (Wildman–Crippen LogP) is 8.84. The Bertz CT molecular complexity index is 1500. The zero-order valence-corrected chi connectivity index (χ0v) is 23.1. The largest absolute Gasteiger partial charge is 0.378 e. The molecule has 196 valence electrons. The highest BCUT2D eigenvalue weighted by Gasteiger charge is 2.53. The number of fused-ring (bicyclic) bond motifs is 7. The minimum Gasteiger partial charge on any atom is -0.378 e. The van der Waals surface area contributed by atoms with Crippen molar-refractivity contribution >= 4 is 29.0 Å². The molecule has 2 fully saturated rings. The van der Waals surface area contributed by atoms with Gasteiger partial charge in [0.1, 0.15) is 0 Å². The number of nitrogens with one attached hydrogen (secondary N) is 2. The van der Waals surface area contributed by atoms with Crippen LogP contribution in [0.1, 0.15) is 63.8 Å². The third-order valence-corrected chi connectivity index (χ3v) is 10.3. The van der Waals surface area contributed by atoms with E-state index in [1.165, 1.54) is 46.5 Å². The Morgan fingerprint density at radius 1 is 0.897 bits per heavy atom. The number of carbonyl (C=O) groups is 1. The van der Waals surface area contributed by atoms with Crippen LogP contribution in [0.4, 0.5) is 11.4 Å². The number of rotatable bonds is 6. The number of amides is 1. The van der Waals surface area contributed by atoms with Gasteiger partial charge in [0.05, 0.1) is 6.04 Å². The molecular weight excluding hydrogens is 496 g/mol. The molecule has 2 bridgehead atoms. The van der Waals surface area contributed by atoms with Crippen LogP contribution in [0.5, 0.6) is 0 Å². The number of carbonyl (C=O) groups excluding carboxylic acids is 1. The van der Waals surface area contributed by atoms with E-state index < -0.39 is 0 Å².